The number of rotatable bonds is 8. The number of hydrogen-bond acceptors (Lipinski definition) is 3. The van der Waals surface area contributed by atoms with Crippen LogP contribution in [0.1, 0.15) is 39.7 Å². The Morgan fingerprint density at radius 1 is 1.39 bits per heavy atom. The summed E-state index contributed by atoms with van der Waals surface area (Å²) >= 11 is 0. The van der Waals surface area contributed by atoms with Gasteiger partial charge in [-0.3, -0.25) is 9.67 Å². The second kappa shape index (κ2) is 9.55. The number of aryl methyl sites for hydroxylation is 2. The van der Waals surface area contributed by atoms with Crippen LogP contribution < -0.4 is 10.6 Å². The summed E-state index contributed by atoms with van der Waals surface area (Å²) in [4.78, 5) is 4.65. The molecule has 0 fully saturated rings. The summed E-state index contributed by atoms with van der Waals surface area (Å²) in [7, 11) is 3.69. The molecule has 0 spiro atoms. The fourth-order valence-electron chi connectivity index (χ4n) is 2.32. The highest BCUT2D eigenvalue weighted by Gasteiger charge is 2.23. The van der Waals surface area contributed by atoms with Crippen LogP contribution in [0.4, 0.5) is 0 Å². The number of guanidine groups is 1. The molecule has 132 valence electrons. The zero-order chi connectivity index (χ0) is 17.3. The molecule has 0 aliphatic carbocycles. The molecule has 0 amide bonds. The van der Waals surface area contributed by atoms with Crippen LogP contribution in [-0.2, 0) is 18.2 Å². The molecule has 2 N–H and O–H groups in total. The number of ether oxygens (including phenoxy) is 1. The van der Waals surface area contributed by atoms with E-state index in [1.54, 1.807) is 7.11 Å². The Balaban J connectivity index is 2.42. The second-order valence-corrected chi connectivity index (χ2v) is 6.86. The predicted molar refractivity (Wildman–Crippen MR) is 95.8 cm³/mol. The van der Waals surface area contributed by atoms with Gasteiger partial charge in [0.2, 0.25) is 0 Å². The summed E-state index contributed by atoms with van der Waals surface area (Å²) < 4.78 is 7.40. The van der Waals surface area contributed by atoms with Crippen LogP contribution in [0.25, 0.3) is 0 Å². The molecule has 0 saturated carbocycles. The Morgan fingerprint density at radius 2 is 2.13 bits per heavy atom. The molecule has 1 atom stereocenters. The maximum Gasteiger partial charge on any atom is 0.191 e. The van der Waals surface area contributed by atoms with Gasteiger partial charge in [0.1, 0.15) is 0 Å². The molecule has 1 aromatic heterocycles. The van der Waals surface area contributed by atoms with Crippen LogP contribution in [-0.4, -0.2) is 48.6 Å². The molecule has 1 unspecified atom stereocenters. The average Bonchev–Trinajstić information content (AvgIpc) is 2.88. The van der Waals surface area contributed by atoms with Crippen LogP contribution in [0.5, 0.6) is 0 Å². The van der Waals surface area contributed by atoms with Gasteiger partial charge in [-0.1, -0.05) is 20.8 Å². The first-order valence-electron chi connectivity index (χ1n) is 8.39. The van der Waals surface area contributed by atoms with E-state index in [2.05, 4.69) is 54.6 Å². The third-order valence-electron chi connectivity index (χ3n) is 3.70. The third-order valence-corrected chi connectivity index (χ3v) is 3.70. The van der Waals surface area contributed by atoms with E-state index < -0.39 is 0 Å². The average molecular weight is 323 g/mol. The molecule has 0 aliphatic heterocycles. The standard InChI is InChI=1S/C17H33N5O/c1-7-18-16(20-12-15(23-6)17(2,3)4)19-10-8-9-14-11-21-22(5)13-14/h11,13,15H,7-10,12H2,1-6H3,(H2,18,19,20). The fraction of sp³-hybridized carbons (Fsp3) is 0.765. The molecule has 0 saturated heterocycles. The van der Waals surface area contributed by atoms with Gasteiger partial charge in [-0.25, -0.2) is 0 Å². The minimum Gasteiger partial charge on any atom is -0.379 e. The highest BCUT2D eigenvalue weighted by Crippen LogP contribution is 2.21. The lowest BCUT2D eigenvalue weighted by molar-refractivity contribution is 0.0241. The van der Waals surface area contributed by atoms with E-state index >= 15 is 0 Å². The van der Waals surface area contributed by atoms with Crippen LogP contribution in [0.3, 0.4) is 0 Å². The first kappa shape index (κ1) is 19.5. The van der Waals surface area contributed by atoms with Crippen molar-refractivity contribution in [1.29, 1.82) is 0 Å². The van der Waals surface area contributed by atoms with Crippen LogP contribution >= 0.6 is 0 Å². The molecule has 0 bridgehead atoms. The maximum absolute atomic E-state index is 5.56. The summed E-state index contributed by atoms with van der Waals surface area (Å²) in [5.41, 5.74) is 1.35. The molecule has 0 aromatic carbocycles. The summed E-state index contributed by atoms with van der Waals surface area (Å²) in [6.45, 7) is 11.0. The van der Waals surface area contributed by atoms with Gasteiger partial charge in [-0.05, 0) is 30.7 Å². The van der Waals surface area contributed by atoms with Crippen molar-refractivity contribution in [1.82, 2.24) is 20.4 Å². The van der Waals surface area contributed by atoms with Gasteiger partial charge in [0, 0.05) is 33.4 Å². The van der Waals surface area contributed by atoms with Crippen molar-refractivity contribution in [3.05, 3.63) is 18.0 Å². The van der Waals surface area contributed by atoms with Crippen molar-refractivity contribution in [3.63, 3.8) is 0 Å². The van der Waals surface area contributed by atoms with Crippen molar-refractivity contribution >= 4 is 5.96 Å². The molecule has 23 heavy (non-hydrogen) atoms. The topological polar surface area (TPSA) is 63.5 Å². The molecule has 0 aliphatic rings. The minimum atomic E-state index is 0.0792. The molecular formula is C17H33N5O. The molecular weight excluding hydrogens is 290 g/mol. The monoisotopic (exact) mass is 323 g/mol. The number of hydrogen-bond donors (Lipinski definition) is 2. The van der Waals surface area contributed by atoms with Gasteiger partial charge in [-0.15, -0.1) is 0 Å². The van der Waals surface area contributed by atoms with Crippen LogP contribution in [0, 0.1) is 5.41 Å². The lowest BCUT2D eigenvalue weighted by Crippen LogP contribution is -2.39. The van der Waals surface area contributed by atoms with Gasteiger partial charge in [0.25, 0.3) is 0 Å². The van der Waals surface area contributed by atoms with Gasteiger partial charge in [0.05, 0.1) is 18.8 Å². The Kier molecular flexibility index (Phi) is 8.09. The fourth-order valence-corrected chi connectivity index (χ4v) is 2.32. The van der Waals surface area contributed by atoms with E-state index in [0.717, 1.165) is 31.9 Å². The zero-order valence-electron chi connectivity index (χ0n) is 15.5. The number of aliphatic imine (C=N–C) groups is 1. The number of nitrogens with one attached hydrogen (secondary N) is 2. The van der Waals surface area contributed by atoms with Crippen molar-refractivity contribution in [2.45, 2.75) is 46.6 Å². The third kappa shape index (κ3) is 7.50. The normalized spacial score (nSPS) is 13.9. The van der Waals surface area contributed by atoms with Gasteiger partial charge in [0.15, 0.2) is 5.96 Å². The minimum absolute atomic E-state index is 0.0792. The van der Waals surface area contributed by atoms with Crippen molar-refractivity contribution in [2.75, 3.05) is 26.7 Å². The van der Waals surface area contributed by atoms with Crippen molar-refractivity contribution in [3.8, 4) is 0 Å². The van der Waals surface area contributed by atoms with E-state index in [0.29, 0.717) is 6.54 Å². The highest BCUT2D eigenvalue weighted by molar-refractivity contribution is 5.79. The SMILES string of the molecule is CCNC(=NCC(OC)C(C)(C)C)NCCCc1cnn(C)c1. The Hall–Kier alpha value is -1.56. The Bertz CT molecular complexity index is 476. The number of methoxy groups -OCH3 is 1. The van der Waals surface area contributed by atoms with E-state index in [9.17, 15) is 0 Å². The summed E-state index contributed by atoms with van der Waals surface area (Å²) in [5, 5.41) is 10.9. The first-order chi connectivity index (χ1) is 10.9. The summed E-state index contributed by atoms with van der Waals surface area (Å²) in [6.07, 6.45) is 6.15. The van der Waals surface area contributed by atoms with Crippen molar-refractivity contribution < 1.29 is 4.74 Å². The van der Waals surface area contributed by atoms with Gasteiger partial charge < -0.3 is 15.4 Å². The zero-order valence-corrected chi connectivity index (χ0v) is 15.5. The quantitative estimate of drug-likeness (QED) is 0.436. The predicted octanol–water partition coefficient (Wildman–Crippen LogP) is 1.97. The molecule has 1 heterocycles. The smallest absolute Gasteiger partial charge is 0.191 e. The van der Waals surface area contributed by atoms with Crippen molar-refractivity contribution in [2.24, 2.45) is 17.5 Å². The summed E-state index contributed by atoms with van der Waals surface area (Å²) in [5.74, 6) is 0.852. The van der Waals surface area contributed by atoms with E-state index in [4.69, 9.17) is 4.74 Å². The lowest BCUT2D eigenvalue weighted by atomic mass is 9.89. The van der Waals surface area contributed by atoms with E-state index in [-0.39, 0.29) is 11.5 Å². The molecule has 6 heteroatoms. The molecule has 1 aromatic rings. The molecule has 1 rings (SSSR count). The lowest BCUT2D eigenvalue weighted by Gasteiger charge is -2.28. The van der Waals surface area contributed by atoms with Gasteiger partial charge >= 0.3 is 0 Å². The van der Waals surface area contributed by atoms with Crippen LogP contribution in [0.2, 0.25) is 0 Å². The highest BCUT2D eigenvalue weighted by atomic mass is 16.5. The number of nitrogens with zero attached hydrogens (tertiary/aromatic N) is 3. The molecule has 6 nitrogen and oxygen atoms in total. The van der Waals surface area contributed by atoms with E-state index in [1.165, 1.54) is 5.56 Å². The number of aromatic nitrogens is 2. The maximum atomic E-state index is 5.56. The van der Waals surface area contributed by atoms with Gasteiger partial charge in [-0.2, -0.15) is 5.10 Å². The van der Waals surface area contributed by atoms with Crippen LogP contribution in [0.15, 0.2) is 17.4 Å². The largest absolute Gasteiger partial charge is 0.379 e. The van der Waals surface area contributed by atoms with E-state index in [1.807, 2.05) is 17.9 Å². The Labute approximate surface area is 140 Å². The first-order valence-corrected chi connectivity index (χ1v) is 8.39. The summed E-state index contributed by atoms with van der Waals surface area (Å²) in [6, 6.07) is 0. The second-order valence-electron chi connectivity index (χ2n) is 6.86. The molecule has 0 radical (unpaired) electrons. The Morgan fingerprint density at radius 3 is 2.65 bits per heavy atom.